The number of halogens is 2. The van der Waals surface area contributed by atoms with Gasteiger partial charge in [0.05, 0.1) is 13.4 Å². The van der Waals surface area contributed by atoms with Gasteiger partial charge in [0.15, 0.2) is 6.61 Å². The lowest BCUT2D eigenvalue weighted by Crippen LogP contribution is -2.34. The summed E-state index contributed by atoms with van der Waals surface area (Å²) >= 11 is 0. The van der Waals surface area contributed by atoms with Gasteiger partial charge in [-0.3, -0.25) is 4.55 Å². The lowest BCUT2D eigenvalue weighted by Gasteiger charge is -2.18. The van der Waals surface area contributed by atoms with Crippen LogP contribution in [0.15, 0.2) is 18.2 Å². The molecule has 1 aromatic rings. The van der Waals surface area contributed by atoms with E-state index in [0.717, 1.165) is 5.69 Å². The molecule has 120 valence electrons. The summed E-state index contributed by atoms with van der Waals surface area (Å²) in [5.41, 5.74) is 1.26. The van der Waals surface area contributed by atoms with E-state index >= 15 is 0 Å². The Kier molecular flexibility index (Phi) is 5.52. The predicted molar refractivity (Wildman–Crippen MR) is 77.0 cm³/mol. The van der Waals surface area contributed by atoms with Crippen molar-refractivity contribution in [3.8, 4) is 0 Å². The summed E-state index contributed by atoms with van der Waals surface area (Å²) in [5, 5.41) is -4.57. The first-order valence-electron chi connectivity index (χ1n) is 6.02. The number of ether oxygens (including phenoxy) is 1. The lowest BCUT2D eigenvalue weighted by atomic mass is 9.93. The molecule has 0 aliphatic heterocycles. The van der Waals surface area contributed by atoms with E-state index in [1.807, 2.05) is 0 Å². The van der Waals surface area contributed by atoms with Crippen molar-refractivity contribution >= 4 is 29.6 Å². The first-order valence-corrected chi connectivity index (χ1v) is 7.46. The molecule has 2 radical (unpaired) electrons. The van der Waals surface area contributed by atoms with Gasteiger partial charge in [0.2, 0.25) is 0 Å². The average Bonchev–Trinajstić information content (AvgIpc) is 2.42. The Hall–Kier alpha value is -1.68. The number of hydrogen-bond donors (Lipinski definition) is 1. The van der Waals surface area contributed by atoms with Crippen molar-refractivity contribution in [1.82, 2.24) is 0 Å². The van der Waals surface area contributed by atoms with E-state index in [-0.39, 0.29) is 11.9 Å². The highest BCUT2D eigenvalue weighted by Crippen LogP contribution is 2.23. The summed E-state index contributed by atoms with van der Waals surface area (Å²) in [6.45, 7) is -1.78. The van der Waals surface area contributed by atoms with Gasteiger partial charge in [-0.1, -0.05) is 6.32 Å². The van der Waals surface area contributed by atoms with Crippen LogP contribution in [0, 0.1) is 0 Å². The first-order chi connectivity index (χ1) is 9.99. The molecule has 0 aliphatic rings. The number of benzene rings is 1. The van der Waals surface area contributed by atoms with Gasteiger partial charge in [-0.05, 0) is 23.8 Å². The molecule has 0 spiro atoms. The number of anilines is 1. The van der Waals surface area contributed by atoms with Crippen molar-refractivity contribution in [3.05, 3.63) is 29.3 Å². The summed E-state index contributed by atoms with van der Waals surface area (Å²) in [7, 11) is 3.42. The zero-order valence-corrected chi connectivity index (χ0v) is 12.7. The second-order valence-corrected chi connectivity index (χ2v) is 6.18. The Bertz CT molecular complexity index is 663. The van der Waals surface area contributed by atoms with Crippen LogP contribution in [0.1, 0.15) is 15.9 Å². The Morgan fingerprint density at radius 1 is 1.41 bits per heavy atom. The molecule has 22 heavy (non-hydrogen) atoms. The number of hydrogen-bond acceptors (Lipinski definition) is 5. The van der Waals surface area contributed by atoms with Crippen LogP contribution < -0.4 is 4.90 Å². The van der Waals surface area contributed by atoms with E-state index in [0.29, 0.717) is 5.56 Å². The molecule has 6 nitrogen and oxygen atoms in total. The molecule has 0 bridgehead atoms. The molecule has 0 saturated carbocycles. The molecule has 10 heteroatoms. The largest absolute Gasteiger partial charge is 0.454 e. The minimum atomic E-state index is -5.65. The predicted octanol–water partition coefficient (Wildman–Crippen LogP) is 1.06. The molecule has 0 saturated heterocycles. The van der Waals surface area contributed by atoms with Crippen LogP contribution >= 0.6 is 0 Å². The van der Waals surface area contributed by atoms with E-state index in [1.165, 1.54) is 12.1 Å². The Labute approximate surface area is 128 Å². The van der Waals surface area contributed by atoms with Crippen LogP contribution in [0.25, 0.3) is 0 Å². The molecule has 1 rings (SSSR count). The molecule has 0 atom stereocenters. The number of alkyl halides is 2. The van der Waals surface area contributed by atoms with Gasteiger partial charge in [0.25, 0.3) is 0 Å². The lowest BCUT2D eigenvalue weighted by molar-refractivity contribution is -0.00950. The van der Waals surface area contributed by atoms with Gasteiger partial charge in [0.1, 0.15) is 0 Å². The van der Waals surface area contributed by atoms with E-state index in [9.17, 15) is 22.0 Å². The zero-order chi connectivity index (χ0) is 17.1. The quantitative estimate of drug-likeness (QED) is 0.476. The molecule has 1 aromatic carbocycles. The van der Waals surface area contributed by atoms with Crippen LogP contribution in [0.5, 0.6) is 0 Å². The second-order valence-electron chi connectivity index (χ2n) is 4.63. The fraction of sp³-hybridized carbons (Fsp3) is 0.417. The highest BCUT2D eigenvalue weighted by Gasteiger charge is 2.45. The standard InChI is InChI=1S/C12H14BF2NO5S/c1-16(2)10-4-3-8(5-9(10)6-13)11(17)21-7-12(14,15)22(18,19)20/h3-5H,6-7H2,1-2H3,(H,18,19,20). The topological polar surface area (TPSA) is 83.9 Å². The van der Waals surface area contributed by atoms with Gasteiger partial charge < -0.3 is 9.64 Å². The van der Waals surface area contributed by atoms with Gasteiger partial charge in [-0.25, -0.2) is 4.79 Å². The van der Waals surface area contributed by atoms with Gasteiger partial charge in [-0.2, -0.15) is 17.2 Å². The van der Waals surface area contributed by atoms with Gasteiger partial charge in [-0.15, -0.1) is 0 Å². The summed E-state index contributed by atoms with van der Waals surface area (Å²) in [6.07, 6.45) is 0.107. The van der Waals surface area contributed by atoms with Gasteiger partial charge >= 0.3 is 21.3 Å². The van der Waals surface area contributed by atoms with E-state index in [2.05, 4.69) is 4.74 Å². The summed E-state index contributed by atoms with van der Waals surface area (Å²) in [5.74, 6) is -1.15. The Morgan fingerprint density at radius 2 is 2.00 bits per heavy atom. The minimum Gasteiger partial charge on any atom is -0.454 e. The maximum absolute atomic E-state index is 13.0. The molecular formula is C12H14BF2NO5S. The molecule has 0 heterocycles. The summed E-state index contributed by atoms with van der Waals surface area (Å²) < 4.78 is 59.3. The Morgan fingerprint density at radius 3 is 2.45 bits per heavy atom. The molecule has 0 aliphatic carbocycles. The Balaban J connectivity index is 2.92. The van der Waals surface area contributed by atoms with E-state index in [1.54, 1.807) is 25.1 Å². The van der Waals surface area contributed by atoms with Crippen molar-refractivity contribution in [2.24, 2.45) is 0 Å². The summed E-state index contributed by atoms with van der Waals surface area (Å²) in [6, 6.07) is 4.26. The fourth-order valence-corrected chi connectivity index (χ4v) is 1.83. The van der Waals surface area contributed by atoms with E-state index in [4.69, 9.17) is 12.4 Å². The monoisotopic (exact) mass is 333 g/mol. The normalized spacial score (nSPS) is 12.0. The number of nitrogens with zero attached hydrogens (tertiary/aromatic N) is 1. The molecular weight excluding hydrogens is 319 g/mol. The van der Waals surface area contributed by atoms with Crippen molar-refractivity contribution < 1.29 is 31.3 Å². The smallest absolute Gasteiger partial charge is 0.402 e. The molecule has 1 N–H and O–H groups in total. The van der Waals surface area contributed by atoms with E-state index < -0.39 is 27.9 Å². The highest BCUT2D eigenvalue weighted by molar-refractivity contribution is 7.86. The number of esters is 1. The number of carbonyl (C=O) groups is 1. The number of rotatable bonds is 6. The third-order valence-corrected chi connectivity index (χ3v) is 3.64. The minimum absolute atomic E-state index is 0.0582. The van der Waals surface area contributed by atoms with Crippen molar-refractivity contribution in [1.29, 1.82) is 0 Å². The molecule has 0 fully saturated rings. The third-order valence-electron chi connectivity index (χ3n) is 2.77. The fourth-order valence-electron chi connectivity index (χ4n) is 1.62. The van der Waals surface area contributed by atoms with Crippen LogP contribution in [-0.4, -0.2) is 52.7 Å². The van der Waals surface area contributed by atoms with Gasteiger partial charge in [0, 0.05) is 19.8 Å². The van der Waals surface area contributed by atoms with Crippen LogP contribution in [0.3, 0.4) is 0 Å². The summed E-state index contributed by atoms with van der Waals surface area (Å²) in [4.78, 5) is 13.4. The first kappa shape index (κ1) is 18.4. The second kappa shape index (κ2) is 6.61. The maximum atomic E-state index is 13.0. The SMILES string of the molecule is [B]Cc1cc(C(=O)OCC(F)(F)S(=O)(=O)O)ccc1N(C)C. The highest BCUT2D eigenvalue weighted by atomic mass is 32.2. The van der Waals surface area contributed by atoms with Crippen molar-refractivity contribution in [2.45, 2.75) is 11.6 Å². The molecule has 0 unspecified atom stereocenters. The van der Waals surface area contributed by atoms with Crippen LogP contribution in [0.4, 0.5) is 14.5 Å². The van der Waals surface area contributed by atoms with Crippen molar-refractivity contribution in [3.63, 3.8) is 0 Å². The van der Waals surface area contributed by atoms with Crippen LogP contribution in [0.2, 0.25) is 0 Å². The third kappa shape index (κ3) is 4.17. The van der Waals surface area contributed by atoms with Crippen molar-refractivity contribution in [2.75, 3.05) is 25.6 Å². The van der Waals surface area contributed by atoms with Crippen LogP contribution in [-0.2, 0) is 21.2 Å². The molecule has 0 amide bonds. The number of carbonyl (C=O) groups excluding carboxylic acids is 1. The zero-order valence-electron chi connectivity index (χ0n) is 11.9. The maximum Gasteiger partial charge on any atom is 0.402 e. The molecule has 0 aromatic heterocycles. The average molecular weight is 333 g/mol.